The number of carboxylic acid groups (broad SMARTS) is 1. The van der Waals surface area contributed by atoms with Gasteiger partial charge in [0.1, 0.15) is 0 Å². The largest absolute Gasteiger partial charge is 0.481 e. The molecule has 1 unspecified atom stereocenters. The molecule has 0 bridgehead atoms. The first-order valence-corrected chi connectivity index (χ1v) is 6.63. The fourth-order valence-corrected chi connectivity index (χ4v) is 2.13. The van der Waals surface area contributed by atoms with Gasteiger partial charge in [0.05, 0.1) is 0 Å². The number of carboxylic acids is 1. The Morgan fingerprint density at radius 3 is 2.56 bits per heavy atom. The summed E-state index contributed by atoms with van der Waals surface area (Å²) >= 11 is 0. The van der Waals surface area contributed by atoms with Crippen molar-refractivity contribution in [3.8, 4) is 0 Å². The first kappa shape index (κ1) is 14.7. The number of aliphatic carboxylic acids is 1. The topological polar surface area (TPSA) is 49.3 Å². The van der Waals surface area contributed by atoms with Gasteiger partial charge in [0.2, 0.25) is 0 Å². The summed E-state index contributed by atoms with van der Waals surface area (Å²) in [5.74, 6) is -0.485. The number of nitrogens with one attached hydrogen (secondary N) is 1. The van der Waals surface area contributed by atoms with Crippen LogP contribution in [-0.2, 0) is 4.79 Å². The molecule has 1 aromatic carbocycles. The average Bonchev–Trinajstić information content (AvgIpc) is 2.36. The third-order valence-corrected chi connectivity index (χ3v) is 3.17. The predicted octanol–water partition coefficient (Wildman–Crippen LogP) is 3.23. The molecule has 3 heteroatoms. The second-order valence-corrected chi connectivity index (χ2v) is 4.79. The Morgan fingerprint density at radius 2 is 2.00 bits per heavy atom. The highest BCUT2D eigenvalue weighted by atomic mass is 16.4. The normalized spacial score (nSPS) is 14.1. The Kier molecular flexibility index (Phi) is 6.44. The summed E-state index contributed by atoms with van der Waals surface area (Å²) in [5, 5.41) is 12.3. The van der Waals surface area contributed by atoms with Gasteiger partial charge in [-0.05, 0) is 31.4 Å². The minimum atomic E-state index is -0.706. The molecule has 0 aliphatic heterocycles. The third kappa shape index (κ3) is 5.32. The van der Waals surface area contributed by atoms with E-state index in [1.807, 2.05) is 18.2 Å². The van der Waals surface area contributed by atoms with Crippen LogP contribution in [0.5, 0.6) is 0 Å². The molecular weight excluding hydrogens is 226 g/mol. The van der Waals surface area contributed by atoms with E-state index in [0.29, 0.717) is 0 Å². The Bertz CT molecular complexity index is 351. The molecule has 0 spiro atoms. The number of benzene rings is 1. The van der Waals surface area contributed by atoms with Crippen molar-refractivity contribution >= 4 is 5.97 Å². The molecular formula is C15H23NO2. The molecule has 1 aromatic rings. The molecule has 0 radical (unpaired) electrons. The first-order valence-electron chi connectivity index (χ1n) is 6.63. The van der Waals surface area contributed by atoms with Crippen molar-refractivity contribution < 1.29 is 9.90 Å². The molecule has 0 aliphatic carbocycles. The standard InChI is InChI=1S/C15H23NO2/c1-3-7-13(10-15(17)18)11-16-12(2)14-8-5-4-6-9-14/h4-6,8-9,12-13,16H,3,7,10-11H2,1-2H3,(H,17,18)/t12?,13-/m1/s1. The quantitative estimate of drug-likeness (QED) is 0.743. The highest BCUT2D eigenvalue weighted by Crippen LogP contribution is 2.15. The highest BCUT2D eigenvalue weighted by Gasteiger charge is 2.13. The van der Waals surface area contributed by atoms with Crippen LogP contribution in [0.25, 0.3) is 0 Å². The van der Waals surface area contributed by atoms with E-state index in [1.165, 1.54) is 5.56 Å². The maximum atomic E-state index is 10.8. The van der Waals surface area contributed by atoms with Crippen molar-refractivity contribution in [1.29, 1.82) is 0 Å². The maximum absolute atomic E-state index is 10.8. The molecule has 100 valence electrons. The van der Waals surface area contributed by atoms with Gasteiger partial charge in [0, 0.05) is 12.5 Å². The summed E-state index contributed by atoms with van der Waals surface area (Å²) in [7, 11) is 0. The lowest BCUT2D eigenvalue weighted by atomic mass is 9.99. The second kappa shape index (κ2) is 7.88. The predicted molar refractivity (Wildman–Crippen MR) is 73.5 cm³/mol. The number of rotatable bonds is 8. The van der Waals surface area contributed by atoms with Crippen LogP contribution in [0.1, 0.15) is 44.7 Å². The fourth-order valence-electron chi connectivity index (χ4n) is 2.13. The summed E-state index contributed by atoms with van der Waals surface area (Å²) in [6.45, 7) is 4.96. The van der Waals surface area contributed by atoms with Crippen molar-refractivity contribution in [3.63, 3.8) is 0 Å². The Hall–Kier alpha value is -1.35. The summed E-state index contributed by atoms with van der Waals surface area (Å²) in [4.78, 5) is 10.8. The number of carbonyl (C=O) groups is 1. The molecule has 18 heavy (non-hydrogen) atoms. The van der Waals surface area contributed by atoms with Crippen molar-refractivity contribution in [3.05, 3.63) is 35.9 Å². The zero-order chi connectivity index (χ0) is 13.4. The van der Waals surface area contributed by atoms with Gasteiger partial charge in [-0.25, -0.2) is 0 Å². The molecule has 2 atom stereocenters. The van der Waals surface area contributed by atoms with E-state index < -0.39 is 5.97 Å². The fraction of sp³-hybridized carbons (Fsp3) is 0.533. The van der Waals surface area contributed by atoms with Crippen LogP contribution < -0.4 is 5.32 Å². The molecule has 0 heterocycles. The SMILES string of the molecule is CCC[C@@H](CNC(C)c1ccccc1)CC(=O)O. The smallest absolute Gasteiger partial charge is 0.303 e. The van der Waals surface area contributed by atoms with Crippen LogP contribution >= 0.6 is 0 Å². The summed E-state index contributed by atoms with van der Waals surface area (Å²) in [5.41, 5.74) is 1.24. The van der Waals surface area contributed by atoms with Gasteiger partial charge in [0.15, 0.2) is 0 Å². The van der Waals surface area contributed by atoms with Crippen LogP contribution in [0.4, 0.5) is 0 Å². The molecule has 0 fully saturated rings. The van der Waals surface area contributed by atoms with Gasteiger partial charge in [0.25, 0.3) is 0 Å². The molecule has 0 saturated heterocycles. The number of hydrogen-bond acceptors (Lipinski definition) is 2. The number of hydrogen-bond donors (Lipinski definition) is 2. The molecule has 1 rings (SSSR count). The van der Waals surface area contributed by atoms with Gasteiger partial charge in [-0.1, -0.05) is 43.7 Å². The Balaban J connectivity index is 2.44. The van der Waals surface area contributed by atoms with Crippen LogP contribution in [0.15, 0.2) is 30.3 Å². The van der Waals surface area contributed by atoms with E-state index in [9.17, 15) is 4.79 Å². The molecule has 0 aromatic heterocycles. The van der Waals surface area contributed by atoms with E-state index in [4.69, 9.17) is 5.11 Å². The lowest BCUT2D eigenvalue weighted by Crippen LogP contribution is -2.27. The van der Waals surface area contributed by atoms with Crippen LogP contribution in [0.2, 0.25) is 0 Å². The van der Waals surface area contributed by atoms with Crippen LogP contribution in [0, 0.1) is 5.92 Å². The zero-order valence-corrected chi connectivity index (χ0v) is 11.2. The molecule has 0 aliphatic rings. The minimum Gasteiger partial charge on any atom is -0.481 e. The molecule has 3 nitrogen and oxygen atoms in total. The van der Waals surface area contributed by atoms with Gasteiger partial charge in [-0.3, -0.25) is 4.79 Å². The van der Waals surface area contributed by atoms with Crippen molar-refractivity contribution in [2.75, 3.05) is 6.54 Å². The summed E-state index contributed by atoms with van der Waals surface area (Å²) < 4.78 is 0. The summed E-state index contributed by atoms with van der Waals surface area (Å²) in [6, 6.07) is 10.5. The van der Waals surface area contributed by atoms with E-state index in [-0.39, 0.29) is 18.4 Å². The summed E-state index contributed by atoms with van der Waals surface area (Å²) in [6.07, 6.45) is 2.24. The van der Waals surface area contributed by atoms with Crippen LogP contribution in [-0.4, -0.2) is 17.6 Å². The van der Waals surface area contributed by atoms with Gasteiger partial charge < -0.3 is 10.4 Å². The van der Waals surface area contributed by atoms with E-state index in [2.05, 4.69) is 31.3 Å². The Morgan fingerprint density at radius 1 is 1.33 bits per heavy atom. The van der Waals surface area contributed by atoms with E-state index >= 15 is 0 Å². The second-order valence-electron chi connectivity index (χ2n) is 4.79. The van der Waals surface area contributed by atoms with Gasteiger partial charge >= 0.3 is 5.97 Å². The van der Waals surface area contributed by atoms with Crippen molar-refractivity contribution in [2.45, 2.75) is 39.2 Å². The third-order valence-electron chi connectivity index (χ3n) is 3.17. The lowest BCUT2D eigenvalue weighted by molar-refractivity contribution is -0.138. The van der Waals surface area contributed by atoms with E-state index in [0.717, 1.165) is 19.4 Å². The van der Waals surface area contributed by atoms with Crippen LogP contribution in [0.3, 0.4) is 0 Å². The van der Waals surface area contributed by atoms with Crippen molar-refractivity contribution in [2.24, 2.45) is 5.92 Å². The van der Waals surface area contributed by atoms with E-state index in [1.54, 1.807) is 0 Å². The minimum absolute atomic E-state index is 0.221. The maximum Gasteiger partial charge on any atom is 0.303 e. The Labute approximate surface area is 109 Å². The monoisotopic (exact) mass is 249 g/mol. The zero-order valence-electron chi connectivity index (χ0n) is 11.2. The molecule has 0 amide bonds. The van der Waals surface area contributed by atoms with Gasteiger partial charge in [-0.15, -0.1) is 0 Å². The lowest BCUT2D eigenvalue weighted by Gasteiger charge is -2.19. The van der Waals surface area contributed by atoms with Crippen molar-refractivity contribution in [1.82, 2.24) is 5.32 Å². The highest BCUT2D eigenvalue weighted by molar-refractivity contribution is 5.67. The molecule has 2 N–H and O–H groups in total. The first-order chi connectivity index (χ1) is 8.63. The molecule has 0 saturated carbocycles. The average molecular weight is 249 g/mol. The van der Waals surface area contributed by atoms with Gasteiger partial charge in [-0.2, -0.15) is 0 Å².